The van der Waals surface area contributed by atoms with Crippen LogP contribution in [0.1, 0.15) is 16.3 Å². The van der Waals surface area contributed by atoms with Gasteiger partial charge in [0.1, 0.15) is 17.3 Å². The fraction of sp³-hybridized carbons (Fsp3) is 0.190. The molecule has 0 fully saturated rings. The fourth-order valence-electron chi connectivity index (χ4n) is 2.91. The number of carbonyl (C=O) groups is 1. The van der Waals surface area contributed by atoms with Crippen LogP contribution in [0.15, 0.2) is 48.5 Å². The van der Waals surface area contributed by atoms with Crippen LogP contribution in [0.25, 0.3) is 0 Å². The van der Waals surface area contributed by atoms with E-state index in [-0.39, 0.29) is 18.4 Å². The maximum atomic E-state index is 12.7. The highest BCUT2D eigenvalue weighted by Gasteiger charge is 2.15. The number of aryl methyl sites for hydroxylation is 1. The predicted octanol–water partition coefficient (Wildman–Crippen LogP) is 3.58. The lowest BCUT2D eigenvalue weighted by Crippen LogP contribution is -2.15. The van der Waals surface area contributed by atoms with Gasteiger partial charge in [0.15, 0.2) is 11.5 Å². The lowest BCUT2D eigenvalue weighted by molar-refractivity contribution is 0.102. The van der Waals surface area contributed by atoms with Gasteiger partial charge < -0.3 is 25.0 Å². The van der Waals surface area contributed by atoms with Gasteiger partial charge in [-0.1, -0.05) is 0 Å². The van der Waals surface area contributed by atoms with Crippen molar-refractivity contribution in [2.75, 3.05) is 36.4 Å². The number of hydrogen-bond donors (Lipinski definition) is 2. The number of nitrogens with one attached hydrogen (secondary N) is 2. The molecule has 0 radical (unpaired) electrons. The molecule has 8 nitrogen and oxygen atoms in total. The van der Waals surface area contributed by atoms with E-state index in [4.69, 9.17) is 9.47 Å². The SMILES string of the molecule is Cc1nc(Nc2ccc3c(c2)OCO3)cc(C(=O)Nc2ccc(N(C)C)cc2)n1. The number of ether oxygens (including phenoxy) is 2. The van der Waals surface area contributed by atoms with Crippen LogP contribution in [0, 0.1) is 6.92 Å². The van der Waals surface area contributed by atoms with Crippen LogP contribution in [0.5, 0.6) is 11.5 Å². The number of carbonyl (C=O) groups excluding carboxylic acids is 1. The first-order valence-electron chi connectivity index (χ1n) is 9.09. The third kappa shape index (κ3) is 4.21. The molecule has 0 unspecified atom stereocenters. The molecule has 0 bridgehead atoms. The van der Waals surface area contributed by atoms with Crippen molar-refractivity contribution in [2.24, 2.45) is 0 Å². The molecule has 0 saturated carbocycles. The summed E-state index contributed by atoms with van der Waals surface area (Å²) in [7, 11) is 3.93. The first-order valence-corrected chi connectivity index (χ1v) is 9.09. The monoisotopic (exact) mass is 391 g/mol. The predicted molar refractivity (Wildman–Crippen MR) is 111 cm³/mol. The molecule has 1 aromatic heterocycles. The molecule has 1 aliphatic heterocycles. The summed E-state index contributed by atoms with van der Waals surface area (Å²) in [4.78, 5) is 23.3. The summed E-state index contributed by atoms with van der Waals surface area (Å²) >= 11 is 0. The van der Waals surface area contributed by atoms with Gasteiger partial charge in [0, 0.05) is 43.3 Å². The minimum absolute atomic E-state index is 0.214. The van der Waals surface area contributed by atoms with E-state index in [0.29, 0.717) is 28.8 Å². The van der Waals surface area contributed by atoms with Crippen molar-refractivity contribution >= 4 is 28.8 Å². The molecule has 0 atom stereocenters. The summed E-state index contributed by atoms with van der Waals surface area (Å²) < 4.78 is 10.7. The largest absolute Gasteiger partial charge is 0.454 e. The highest BCUT2D eigenvalue weighted by Crippen LogP contribution is 2.35. The molecule has 29 heavy (non-hydrogen) atoms. The summed E-state index contributed by atoms with van der Waals surface area (Å²) in [5, 5.41) is 6.05. The quantitative estimate of drug-likeness (QED) is 0.687. The first-order chi connectivity index (χ1) is 14.0. The number of benzene rings is 2. The van der Waals surface area contributed by atoms with Crippen molar-refractivity contribution in [1.29, 1.82) is 0 Å². The number of amides is 1. The topological polar surface area (TPSA) is 88.6 Å². The number of rotatable bonds is 5. The number of aromatic nitrogens is 2. The van der Waals surface area contributed by atoms with Crippen LogP contribution in [0.3, 0.4) is 0 Å². The van der Waals surface area contributed by atoms with Gasteiger partial charge in [0.05, 0.1) is 0 Å². The molecular weight excluding hydrogens is 370 g/mol. The summed E-state index contributed by atoms with van der Waals surface area (Å²) in [6.07, 6.45) is 0. The van der Waals surface area contributed by atoms with Gasteiger partial charge in [-0.05, 0) is 43.3 Å². The molecular formula is C21H21N5O3. The fourth-order valence-corrected chi connectivity index (χ4v) is 2.91. The molecule has 2 aromatic carbocycles. The van der Waals surface area contributed by atoms with Gasteiger partial charge in [-0.3, -0.25) is 4.79 Å². The second kappa shape index (κ2) is 7.67. The third-order valence-corrected chi connectivity index (χ3v) is 4.36. The van der Waals surface area contributed by atoms with Gasteiger partial charge in [-0.25, -0.2) is 9.97 Å². The molecule has 8 heteroatoms. The first kappa shape index (κ1) is 18.5. The Morgan fingerprint density at radius 3 is 2.45 bits per heavy atom. The van der Waals surface area contributed by atoms with Crippen molar-refractivity contribution < 1.29 is 14.3 Å². The van der Waals surface area contributed by atoms with Gasteiger partial charge in [0.25, 0.3) is 5.91 Å². The van der Waals surface area contributed by atoms with E-state index in [1.807, 2.05) is 61.5 Å². The molecule has 1 aliphatic rings. The van der Waals surface area contributed by atoms with Gasteiger partial charge in [-0.2, -0.15) is 0 Å². The van der Waals surface area contributed by atoms with Crippen LogP contribution in [0.2, 0.25) is 0 Å². The van der Waals surface area contributed by atoms with Crippen molar-refractivity contribution in [3.05, 3.63) is 60.0 Å². The molecule has 1 amide bonds. The lowest BCUT2D eigenvalue weighted by atomic mass is 10.2. The second-order valence-electron chi connectivity index (χ2n) is 6.77. The Morgan fingerprint density at radius 2 is 1.69 bits per heavy atom. The van der Waals surface area contributed by atoms with Crippen molar-refractivity contribution in [3.8, 4) is 11.5 Å². The molecule has 4 rings (SSSR count). The van der Waals surface area contributed by atoms with Crippen LogP contribution >= 0.6 is 0 Å². The summed E-state index contributed by atoms with van der Waals surface area (Å²) in [6, 6.07) is 14.7. The van der Waals surface area contributed by atoms with Gasteiger partial charge in [0.2, 0.25) is 6.79 Å². The minimum atomic E-state index is -0.304. The average molecular weight is 391 g/mol. The third-order valence-electron chi connectivity index (χ3n) is 4.36. The van der Waals surface area contributed by atoms with Crippen LogP contribution < -0.4 is 25.0 Å². The summed E-state index contributed by atoms with van der Waals surface area (Å²) in [6.45, 7) is 1.96. The Bertz CT molecular complexity index is 1050. The van der Waals surface area contributed by atoms with Crippen molar-refractivity contribution in [3.63, 3.8) is 0 Å². The number of hydrogen-bond acceptors (Lipinski definition) is 7. The van der Waals surface area contributed by atoms with E-state index in [1.54, 1.807) is 13.0 Å². The molecule has 3 aromatic rings. The number of anilines is 4. The average Bonchev–Trinajstić information content (AvgIpc) is 3.16. The molecule has 2 N–H and O–H groups in total. The summed E-state index contributed by atoms with van der Waals surface area (Å²) in [5.41, 5.74) is 2.80. The van der Waals surface area contributed by atoms with Crippen LogP contribution in [-0.4, -0.2) is 36.8 Å². The van der Waals surface area contributed by atoms with Gasteiger partial charge >= 0.3 is 0 Å². The Kier molecular flexibility index (Phi) is 4.90. The zero-order chi connectivity index (χ0) is 20.4. The van der Waals surface area contributed by atoms with E-state index in [0.717, 1.165) is 11.4 Å². The molecule has 0 aliphatic carbocycles. The highest BCUT2D eigenvalue weighted by molar-refractivity contribution is 6.03. The van der Waals surface area contributed by atoms with E-state index >= 15 is 0 Å². The Labute approximate surface area is 168 Å². The molecule has 148 valence electrons. The normalized spacial score (nSPS) is 11.8. The van der Waals surface area contributed by atoms with E-state index in [1.165, 1.54) is 0 Å². The Morgan fingerprint density at radius 1 is 0.966 bits per heavy atom. The maximum Gasteiger partial charge on any atom is 0.274 e. The second-order valence-corrected chi connectivity index (χ2v) is 6.77. The highest BCUT2D eigenvalue weighted by atomic mass is 16.7. The minimum Gasteiger partial charge on any atom is -0.454 e. The zero-order valence-electron chi connectivity index (χ0n) is 16.4. The van der Waals surface area contributed by atoms with Crippen LogP contribution in [0.4, 0.5) is 22.9 Å². The number of nitrogens with zero attached hydrogens (tertiary/aromatic N) is 3. The van der Waals surface area contributed by atoms with E-state index < -0.39 is 0 Å². The lowest BCUT2D eigenvalue weighted by Gasteiger charge is -2.13. The van der Waals surface area contributed by atoms with E-state index in [2.05, 4.69) is 20.6 Å². The Hall–Kier alpha value is -3.81. The number of fused-ring (bicyclic) bond motifs is 1. The maximum absolute atomic E-state index is 12.7. The zero-order valence-corrected chi connectivity index (χ0v) is 16.4. The van der Waals surface area contributed by atoms with Gasteiger partial charge in [-0.15, -0.1) is 0 Å². The summed E-state index contributed by atoms with van der Waals surface area (Å²) in [5.74, 6) is 2.07. The van der Waals surface area contributed by atoms with E-state index in [9.17, 15) is 4.79 Å². The Balaban J connectivity index is 1.50. The molecule has 0 spiro atoms. The van der Waals surface area contributed by atoms with Crippen LogP contribution in [-0.2, 0) is 0 Å². The smallest absolute Gasteiger partial charge is 0.274 e. The van der Waals surface area contributed by atoms with Crippen molar-refractivity contribution in [2.45, 2.75) is 6.92 Å². The molecule has 2 heterocycles. The standard InChI is InChI=1S/C21H21N5O3/c1-13-22-17(21(27)25-14-4-7-16(8-5-14)26(2)3)11-20(23-13)24-15-6-9-18-19(10-15)29-12-28-18/h4-11H,12H2,1-3H3,(H,25,27)(H,22,23,24). The molecule has 0 saturated heterocycles. The van der Waals surface area contributed by atoms with Crippen molar-refractivity contribution in [1.82, 2.24) is 9.97 Å².